The summed E-state index contributed by atoms with van der Waals surface area (Å²) in [5, 5.41) is 13.2. The topological polar surface area (TPSA) is 105 Å². The van der Waals surface area contributed by atoms with Crippen LogP contribution in [0.2, 0.25) is 0 Å². The lowest BCUT2D eigenvalue weighted by Gasteiger charge is -2.34. The van der Waals surface area contributed by atoms with Crippen LogP contribution in [0.5, 0.6) is 0 Å². The highest BCUT2D eigenvalue weighted by Crippen LogP contribution is 2.39. The Morgan fingerprint density at radius 3 is 2.55 bits per heavy atom. The summed E-state index contributed by atoms with van der Waals surface area (Å²) in [5.74, 6) is -0.582. The number of carbonyl (C=O) groups excluding carboxylic acids is 1. The highest BCUT2D eigenvalue weighted by atomic mass is 32.1. The number of amides is 1. The first-order chi connectivity index (χ1) is 9.34. The van der Waals surface area contributed by atoms with Crippen molar-refractivity contribution in [3.05, 3.63) is 10.4 Å². The predicted molar refractivity (Wildman–Crippen MR) is 81.6 cm³/mol. The lowest BCUT2D eigenvalue weighted by atomic mass is 9.75. The molecule has 0 aromatic carbocycles. The van der Waals surface area contributed by atoms with Gasteiger partial charge in [0, 0.05) is 6.04 Å². The van der Waals surface area contributed by atoms with E-state index in [0.717, 1.165) is 25.7 Å². The van der Waals surface area contributed by atoms with E-state index in [-0.39, 0.29) is 10.6 Å². The number of rotatable bonds is 3. The molecule has 0 bridgehead atoms. The zero-order chi connectivity index (χ0) is 14.9. The quantitative estimate of drug-likeness (QED) is 0.796. The van der Waals surface area contributed by atoms with Gasteiger partial charge in [-0.2, -0.15) is 5.26 Å². The third kappa shape index (κ3) is 2.88. The lowest BCUT2D eigenvalue weighted by Crippen LogP contribution is -2.29. The number of nitriles is 1. The second kappa shape index (κ2) is 5.33. The molecule has 0 unspecified atom stereocenters. The molecule has 2 rings (SSSR count). The molecule has 1 heterocycles. The first-order valence-electron chi connectivity index (χ1n) is 6.73. The molecule has 6 heteroatoms. The van der Waals surface area contributed by atoms with Gasteiger partial charge in [0.25, 0.3) is 5.91 Å². The van der Waals surface area contributed by atoms with Crippen molar-refractivity contribution in [1.82, 2.24) is 0 Å². The summed E-state index contributed by atoms with van der Waals surface area (Å²) in [7, 11) is 0. The number of nitrogens with two attached hydrogens (primary N) is 2. The summed E-state index contributed by atoms with van der Waals surface area (Å²) in [6, 6.07) is 2.39. The lowest BCUT2D eigenvalue weighted by molar-refractivity contribution is 0.100. The van der Waals surface area contributed by atoms with Crippen LogP contribution in [-0.4, -0.2) is 11.9 Å². The molecule has 1 aromatic heterocycles. The van der Waals surface area contributed by atoms with E-state index >= 15 is 0 Å². The second-order valence-electron chi connectivity index (χ2n) is 6.11. The van der Waals surface area contributed by atoms with E-state index in [1.54, 1.807) is 0 Å². The smallest absolute Gasteiger partial charge is 0.261 e. The van der Waals surface area contributed by atoms with Crippen LogP contribution in [0.4, 0.5) is 10.7 Å². The average molecular weight is 292 g/mol. The van der Waals surface area contributed by atoms with Crippen LogP contribution in [0.15, 0.2) is 0 Å². The molecule has 5 N–H and O–H groups in total. The van der Waals surface area contributed by atoms with Crippen LogP contribution >= 0.6 is 11.3 Å². The van der Waals surface area contributed by atoms with E-state index in [0.29, 0.717) is 22.0 Å². The Kier molecular flexibility index (Phi) is 3.91. The number of anilines is 2. The van der Waals surface area contributed by atoms with Gasteiger partial charge in [0.05, 0.1) is 5.69 Å². The van der Waals surface area contributed by atoms with Crippen LogP contribution < -0.4 is 16.8 Å². The molecule has 1 fully saturated rings. The molecule has 5 nitrogen and oxygen atoms in total. The monoisotopic (exact) mass is 292 g/mol. The van der Waals surface area contributed by atoms with Gasteiger partial charge in [-0.3, -0.25) is 4.79 Å². The molecule has 108 valence electrons. The van der Waals surface area contributed by atoms with Gasteiger partial charge >= 0.3 is 0 Å². The largest absolute Gasteiger partial charge is 0.396 e. The van der Waals surface area contributed by atoms with E-state index < -0.39 is 5.91 Å². The number of carbonyl (C=O) groups is 1. The minimum atomic E-state index is -0.582. The van der Waals surface area contributed by atoms with Crippen molar-refractivity contribution in [1.29, 1.82) is 5.26 Å². The molecule has 1 saturated carbocycles. The minimum absolute atomic E-state index is 0.198. The first-order valence-corrected chi connectivity index (χ1v) is 7.54. The molecule has 0 atom stereocenters. The van der Waals surface area contributed by atoms with Crippen LogP contribution in [0, 0.1) is 16.7 Å². The number of nitrogen functional groups attached to an aromatic ring is 1. The van der Waals surface area contributed by atoms with Gasteiger partial charge < -0.3 is 16.8 Å². The summed E-state index contributed by atoms with van der Waals surface area (Å²) in [5.41, 5.74) is 12.0. The Bertz CT molecular complexity index is 560. The molecule has 1 aliphatic carbocycles. The zero-order valence-corrected chi connectivity index (χ0v) is 12.6. The van der Waals surface area contributed by atoms with Gasteiger partial charge in [0.2, 0.25) is 0 Å². The van der Waals surface area contributed by atoms with Gasteiger partial charge in [-0.1, -0.05) is 13.8 Å². The first kappa shape index (κ1) is 14.7. The minimum Gasteiger partial charge on any atom is -0.396 e. The zero-order valence-electron chi connectivity index (χ0n) is 11.8. The molecular formula is C14H20N4OS. The van der Waals surface area contributed by atoms with Gasteiger partial charge in [-0.05, 0) is 31.1 Å². The van der Waals surface area contributed by atoms with Crippen molar-refractivity contribution in [2.45, 2.75) is 45.6 Å². The molecular weight excluding hydrogens is 272 g/mol. The molecule has 0 radical (unpaired) electrons. The number of hydrogen-bond donors (Lipinski definition) is 3. The second-order valence-corrected chi connectivity index (χ2v) is 7.13. The summed E-state index contributed by atoms with van der Waals surface area (Å²) < 4.78 is 0. The maximum atomic E-state index is 11.3. The summed E-state index contributed by atoms with van der Waals surface area (Å²) in [6.07, 6.45) is 4.41. The Balaban J connectivity index is 2.16. The standard InChI is InChI=1S/C14H20N4OS/c1-14(2)5-3-8(4-6-14)18-13-9(7-15)10(16)11(20-13)12(17)19/h8,18H,3-6,16H2,1-2H3,(H2,17,19). The van der Waals surface area contributed by atoms with Crippen molar-refractivity contribution in [3.63, 3.8) is 0 Å². The molecule has 1 amide bonds. The van der Waals surface area contributed by atoms with Gasteiger partial charge in [-0.15, -0.1) is 11.3 Å². The Morgan fingerprint density at radius 2 is 2.05 bits per heavy atom. The van der Waals surface area contributed by atoms with Crippen molar-refractivity contribution in [2.24, 2.45) is 11.1 Å². The Labute approximate surface area is 122 Å². The summed E-state index contributed by atoms with van der Waals surface area (Å²) >= 11 is 1.18. The van der Waals surface area contributed by atoms with Crippen LogP contribution in [0.25, 0.3) is 0 Å². The van der Waals surface area contributed by atoms with Crippen LogP contribution in [0.3, 0.4) is 0 Å². The third-order valence-corrected chi connectivity index (χ3v) is 5.11. The van der Waals surface area contributed by atoms with E-state index in [1.807, 2.05) is 0 Å². The average Bonchev–Trinajstić information content (AvgIpc) is 2.68. The fraction of sp³-hybridized carbons (Fsp3) is 0.571. The molecule has 1 aromatic rings. The maximum absolute atomic E-state index is 11.3. The fourth-order valence-electron chi connectivity index (χ4n) is 2.57. The Hall–Kier alpha value is -1.74. The number of nitrogens with zero attached hydrogens (tertiary/aromatic N) is 1. The molecule has 1 aliphatic rings. The van der Waals surface area contributed by atoms with Crippen molar-refractivity contribution < 1.29 is 4.79 Å². The number of thiophene rings is 1. The number of nitrogens with one attached hydrogen (secondary N) is 1. The normalized spacial score (nSPS) is 18.4. The molecule has 20 heavy (non-hydrogen) atoms. The van der Waals surface area contributed by atoms with E-state index in [4.69, 9.17) is 11.5 Å². The number of hydrogen-bond acceptors (Lipinski definition) is 5. The third-order valence-electron chi connectivity index (χ3n) is 3.96. The number of primary amides is 1. The fourth-order valence-corrected chi connectivity index (χ4v) is 3.57. The Morgan fingerprint density at radius 1 is 1.45 bits per heavy atom. The van der Waals surface area contributed by atoms with Crippen molar-refractivity contribution >= 4 is 27.9 Å². The molecule has 0 aliphatic heterocycles. The van der Waals surface area contributed by atoms with Crippen molar-refractivity contribution in [3.8, 4) is 6.07 Å². The van der Waals surface area contributed by atoms with E-state index in [1.165, 1.54) is 11.3 Å². The van der Waals surface area contributed by atoms with E-state index in [2.05, 4.69) is 25.2 Å². The SMILES string of the molecule is CC1(C)CCC(Nc2sc(C(N)=O)c(N)c2C#N)CC1. The van der Waals surface area contributed by atoms with Crippen molar-refractivity contribution in [2.75, 3.05) is 11.1 Å². The van der Waals surface area contributed by atoms with Crippen LogP contribution in [0.1, 0.15) is 54.8 Å². The van der Waals surface area contributed by atoms with E-state index in [9.17, 15) is 10.1 Å². The highest BCUT2D eigenvalue weighted by molar-refractivity contribution is 7.18. The molecule has 0 spiro atoms. The molecule has 0 saturated heterocycles. The summed E-state index contributed by atoms with van der Waals surface area (Å²) in [4.78, 5) is 11.6. The van der Waals surface area contributed by atoms with Gasteiger partial charge in [0.1, 0.15) is 21.5 Å². The van der Waals surface area contributed by atoms with Gasteiger partial charge in [0.15, 0.2) is 0 Å². The van der Waals surface area contributed by atoms with Gasteiger partial charge in [-0.25, -0.2) is 0 Å². The summed E-state index contributed by atoms with van der Waals surface area (Å²) in [6.45, 7) is 4.55. The highest BCUT2D eigenvalue weighted by Gasteiger charge is 2.28. The predicted octanol–water partition coefficient (Wildman–Crippen LogP) is 2.68. The maximum Gasteiger partial charge on any atom is 0.261 e. The van der Waals surface area contributed by atoms with Crippen LogP contribution in [-0.2, 0) is 0 Å².